The summed E-state index contributed by atoms with van der Waals surface area (Å²) in [6, 6.07) is 0. The van der Waals surface area contributed by atoms with Crippen LogP contribution in [0.2, 0.25) is 0 Å². The van der Waals surface area contributed by atoms with Crippen molar-refractivity contribution in [3.05, 3.63) is 0 Å². The van der Waals surface area contributed by atoms with Gasteiger partial charge in [-0.25, -0.2) is 0 Å². The molecular weight excluding hydrogens is 238 g/mol. The number of thioether (sulfide) groups is 1. The second kappa shape index (κ2) is 5.75. The van der Waals surface area contributed by atoms with Crippen LogP contribution < -0.4 is 5.32 Å². The van der Waals surface area contributed by atoms with Crippen molar-refractivity contribution in [1.82, 2.24) is 5.32 Å². The lowest BCUT2D eigenvalue weighted by Crippen LogP contribution is -2.46. The summed E-state index contributed by atoms with van der Waals surface area (Å²) in [5, 5.41) is 3.81. The minimum atomic E-state index is 0.271. The Labute approximate surface area is 118 Å². The van der Waals surface area contributed by atoms with Gasteiger partial charge in [-0.05, 0) is 75.2 Å². The van der Waals surface area contributed by atoms with Gasteiger partial charge < -0.3 is 5.32 Å². The smallest absolute Gasteiger partial charge is 0.00967 e. The van der Waals surface area contributed by atoms with E-state index in [1.54, 1.807) is 0 Å². The van der Waals surface area contributed by atoms with Gasteiger partial charge >= 0.3 is 0 Å². The van der Waals surface area contributed by atoms with Crippen LogP contribution in [0.25, 0.3) is 0 Å². The van der Waals surface area contributed by atoms with Crippen LogP contribution in [-0.4, -0.2) is 23.6 Å². The highest BCUT2D eigenvalue weighted by Crippen LogP contribution is 2.57. The van der Waals surface area contributed by atoms with Crippen molar-refractivity contribution in [3.63, 3.8) is 0 Å². The standard InChI is InChI=1S/C16H31NS/c1-5-18-9-8-16(12-17-15(2,3)4)11-13-6-7-14(16)10-13/h13-14,17H,5-12H2,1-4H3. The zero-order valence-corrected chi connectivity index (χ0v) is 13.5. The first-order valence-corrected chi connectivity index (χ1v) is 8.93. The monoisotopic (exact) mass is 269 g/mol. The van der Waals surface area contributed by atoms with E-state index in [2.05, 4.69) is 44.8 Å². The molecule has 1 N–H and O–H groups in total. The first kappa shape index (κ1) is 14.7. The Balaban J connectivity index is 1.95. The molecule has 3 unspecified atom stereocenters. The Kier molecular flexibility index (Phi) is 4.70. The molecule has 2 saturated carbocycles. The summed E-state index contributed by atoms with van der Waals surface area (Å²) in [5.74, 6) is 4.72. The minimum Gasteiger partial charge on any atom is -0.312 e. The van der Waals surface area contributed by atoms with Gasteiger partial charge in [0.15, 0.2) is 0 Å². The molecule has 0 spiro atoms. The molecule has 0 aromatic rings. The second-order valence-electron chi connectivity index (χ2n) is 7.49. The molecule has 1 nitrogen and oxygen atoms in total. The molecule has 106 valence electrons. The van der Waals surface area contributed by atoms with Crippen molar-refractivity contribution in [2.24, 2.45) is 17.3 Å². The number of rotatable bonds is 6. The predicted molar refractivity (Wildman–Crippen MR) is 83.3 cm³/mol. The normalized spacial score (nSPS) is 35.3. The lowest BCUT2D eigenvalue weighted by molar-refractivity contribution is 0.139. The van der Waals surface area contributed by atoms with Crippen LogP contribution >= 0.6 is 11.8 Å². The summed E-state index contributed by atoms with van der Waals surface area (Å²) in [4.78, 5) is 0. The molecule has 18 heavy (non-hydrogen) atoms. The van der Waals surface area contributed by atoms with Crippen molar-refractivity contribution in [3.8, 4) is 0 Å². The van der Waals surface area contributed by atoms with Gasteiger partial charge in [-0.15, -0.1) is 0 Å². The van der Waals surface area contributed by atoms with E-state index in [-0.39, 0.29) is 5.54 Å². The Morgan fingerprint density at radius 3 is 2.56 bits per heavy atom. The van der Waals surface area contributed by atoms with Crippen LogP contribution in [0.15, 0.2) is 0 Å². The summed E-state index contributed by atoms with van der Waals surface area (Å²) in [5.41, 5.74) is 0.908. The fraction of sp³-hybridized carbons (Fsp3) is 1.00. The van der Waals surface area contributed by atoms with E-state index in [0.717, 1.165) is 11.8 Å². The van der Waals surface area contributed by atoms with Crippen molar-refractivity contribution in [1.29, 1.82) is 0 Å². The average Bonchev–Trinajstić information content (AvgIpc) is 2.86. The van der Waals surface area contributed by atoms with E-state index in [4.69, 9.17) is 0 Å². The molecule has 2 aliphatic carbocycles. The Bertz CT molecular complexity index is 271. The van der Waals surface area contributed by atoms with E-state index < -0.39 is 0 Å². The third kappa shape index (κ3) is 3.45. The van der Waals surface area contributed by atoms with Crippen LogP contribution in [0, 0.1) is 17.3 Å². The van der Waals surface area contributed by atoms with Crippen molar-refractivity contribution in [2.75, 3.05) is 18.1 Å². The lowest BCUT2D eigenvalue weighted by Gasteiger charge is -2.40. The van der Waals surface area contributed by atoms with Crippen molar-refractivity contribution in [2.45, 2.75) is 65.3 Å². The van der Waals surface area contributed by atoms with Gasteiger partial charge in [0, 0.05) is 12.1 Å². The summed E-state index contributed by atoms with van der Waals surface area (Å²) in [7, 11) is 0. The van der Waals surface area contributed by atoms with Gasteiger partial charge in [-0.2, -0.15) is 11.8 Å². The van der Waals surface area contributed by atoms with Crippen LogP contribution in [0.3, 0.4) is 0 Å². The fourth-order valence-corrected chi connectivity index (χ4v) is 4.87. The lowest BCUT2D eigenvalue weighted by atomic mass is 9.71. The Hall–Kier alpha value is 0.310. The molecule has 2 aliphatic rings. The molecule has 0 radical (unpaired) electrons. The van der Waals surface area contributed by atoms with Gasteiger partial charge in [0.25, 0.3) is 0 Å². The van der Waals surface area contributed by atoms with Gasteiger partial charge in [-0.1, -0.05) is 13.3 Å². The molecule has 0 aromatic heterocycles. The molecule has 2 bridgehead atoms. The molecule has 2 heteroatoms. The van der Waals surface area contributed by atoms with Crippen molar-refractivity contribution >= 4 is 11.8 Å². The highest BCUT2D eigenvalue weighted by molar-refractivity contribution is 7.99. The molecule has 0 aliphatic heterocycles. The summed E-state index contributed by atoms with van der Waals surface area (Å²) in [6.45, 7) is 10.4. The van der Waals surface area contributed by atoms with Crippen molar-refractivity contribution < 1.29 is 0 Å². The third-order valence-electron chi connectivity index (χ3n) is 5.02. The predicted octanol–water partition coefficient (Wildman–Crippen LogP) is 4.32. The minimum absolute atomic E-state index is 0.271. The molecule has 0 amide bonds. The van der Waals surface area contributed by atoms with Crippen LogP contribution in [0.1, 0.15) is 59.8 Å². The Morgan fingerprint density at radius 2 is 2.06 bits per heavy atom. The van der Waals surface area contributed by atoms with Crippen LogP contribution in [0.5, 0.6) is 0 Å². The maximum absolute atomic E-state index is 3.81. The van der Waals surface area contributed by atoms with E-state index in [9.17, 15) is 0 Å². The van der Waals surface area contributed by atoms with Gasteiger partial charge in [0.2, 0.25) is 0 Å². The number of hydrogen-bond donors (Lipinski definition) is 1. The fourth-order valence-electron chi connectivity index (χ4n) is 4.03. The highest BCUT2D eigenvalue weighted by Gasteiger charge is 2.50. The molecule has 2 fully saturated rings. The summed E-state index contributed by atoms with van der Waals surface area (Å²) in [6.07, 6.45) is 7.50. The highest BCUT2D eigenvalue weighted by atomic mass is 32.2. The van der Waals surface area contributed by atoms with E-state index in [1.165, 1.54) is 50.2 Å². The molecular formula is C16H31NS. The zero-order chi connectivity index (χ0) is 13.2. The number of hydrogen-bond acceptors (Lipinski definition) is 2. The molecule has 2 rings (SSSR count). The Morgan fingerprint density at radius 1 is 1.28 bits per heavy atom. The molecule has 0 heterocycles. The van der Waals surface area contributed by atoms with Crippen LogP contribution in [0.4, 0.5) is 0 Å². The van der Waals surface area contributed by atoms with E-state index >= 15 is 0 Å². The van der Waals surface area contributed by atoms with Gasteiger partial charge in [0.1, 0.15) is 0 Å². The first-order valence-electron chi connectivity index (χ1n) is 7.78. The maximum atomic E-state index is 3.81. The first-order chi connectivity index (χ1) is 8.45. The second-order valence-corrected chi connectivity index (χ2v) is 8.89. The topological polar surface area (TPSA) is 12.0 Å². The number of fused-ring (bicyclic) bond motifs is 2. The third-order valence-corrected chi connectivity index (χ3v) is 5.92. The summed E-state index contributed by atoms with van der Waals surface area (Å²) >= 11 is 2.13. The summed E-state index contributed by atoms with van der Waals surface area (Å²) < 4.78 is 0. The zero-order valence-electron chi connectivity index (χ0n) is 12.7. The van der Waals surface area contributed by atoms with E-state index in [0.29, 0.717) is 5.41 Å². The molecule has 3 atom stereocenters. The average molecular weight is 269 g/mol. The SMILES string of the molecule is CCSCCC1(CNC(C)(C)C)CC2CCC1C2. The van der Waals surface area contributed by atoms with Gasteiger partial charge in [0.05, 0.1) is 0 Å². The maximum Gasteiger partial charge on any atom is 0.00967 e. The van der Waals surface area contributed by atoms with Gasteiger partial charge in [-0.3, -0.25) is 0 Å². The largest absolute Gasteiger partial charge is 0.312 e. The van der Waals surface area contributed by atoms with Crippen LogP contribution in [-0.2, 0) is 0 Å². The van der Waals surface area contributed by atoms with E-state index in [1.807, 2.05) is 0 Å². The molecule has 0 saturated heterocycles. The molecule has 0 aromatic carbocycles. The number of nitrogens with one attached hydrogen (secondary N) is 1. The quantitative estimate of drug-likeness (QED) is 0.721.